The number of aliphatic hydroxyl groups excluding tert-OH is 1. The molecule has 1 saturated heterocycles. The number of hydrogen-bond donors (Lipinski definition) is 1. The molecule has 0 aromatic heterocycles. The van der Waals surface area contributed by atoms with Gasteiger partial charge >= 0.3 is 0 Å². The van der Waals surface area contributed by atoms with Crippen molar-refractivity contribution in [3.05, 3.63) is 35.9 Å². The van der Waals surface area contributed by atoms with Crippen molar-refractivity contribution in [3.63, 3.8) is 0 Å². The number of carbonyl (C=O) groups excluding carboxylic acids is 1. The number of ether oxygens (including phenoxy) is 1. The molecule has 0 bridgehead atoms. The van der Waals surface area contributed by atoms with Crippen molar-refractivity contribution >= 4 is 5.91 Å². The second-order valence-corrected chi connectivity index (χ2v) is 7.72. The van der Waals surface area contributed by atoms with Gasteiger partial charge in [-0.2, -0.15) is 0 Å². The molecule has 1 saturated carbocycles. The Labute approximate surface area is 156 Å². The van der Waals surface area contributed by atoms with Crippen LogP contribution in [-0.2, 0) is 16.1 Å². The Hall–Kier alpha value is -1.43. The van der Waals surface area contributed by atoms with Crippen LogP contribution in [0.3, 0.4) is 0 Å². The van der Waals surface area contributed by atoms with E-state index in [0.29, 0.717) is 32.3 Å². The molecule has 1 amide bonds. The van der Waals surface area contributed by atoms with Gasteiger partial charge in [-0.3, -0.25) is 9.69 Å². The molecule has 144 valence electrons. The van der Waals surface area contributed by atoms with Gasteiger partial charge in [0.15, 0.2) is 0 Å². The van der Waals surface area contributed by atoms with Crippen LogP contribution in [0.2, 0.25) is 0 Å². The van der Waals surface area contributed by atoms with E-state index >= 15 is 0 Å². The standard InChI is InChI=1S/C21H32N2O3/c1-17(15-24)22-12-20(26-16-18-8-4-2-5-9-18)13-23(21(25)14-22)19-10-6-3-7-11-19/h2,4-5,8-9,17,19-20,24H,3,6-7,10-16H2,1H3. The average Bonchev–Trinajstić information content (AvgIpc) is 2.86. The van der Waals surface area contributed by atoms with E-state index in [0.717, 1.165) is 18.4 Å². The Bertz CT molecular complexity index is 560. The molecule has 1 aromatic rings. The highest BCUT2D eigenvalue weighted by atomic mass is 16.5. The lowest BCUT2D eigenvalue weighted by Crippen LogP contribution is -2.46. The van der Waals surface area contributed by atoms with Gasteiger partial charge in [-0.15, -0.1) is 0 Å². The first-order valence-corrected chi connectivity index (χ1v) is 9.97. The van der Waals surface area contributed by atoms with Crippen molar-refractivity contribution < 1.29 is 14.6 Å². The van der Waals surface area contributed by atoms with Crippen LogP contribution in [0.4, 0.5) is 0 Å². The molecular weight excluding hydrogens is 328 g/mol. The molecule has 1 aromatic carbocycles. The van der Waals surface area contributed by atoms with E-state index in [9.17, 15) is 9.90 Å². The number of rotatable bonds is 6. The number of aliphatic hydroxyl groups is 1. The van der Waals surface area contributed by atoms with Crippen LogP contribution < -0.4 is 0 Å². The molecule has 0 spiro atoms. The van der Waals surface area contributed by atoms with Gasteiger partial charge in [0, 0.05) is 25.2 Å². The summed E-state index contributed by atoms with van der Waals surface area (Å²) in [7, 11) is 0. The third-order valence-corrected chi connectivity index (χ3v) is 5.73. The zero-order valence-electron chi connectivity index (χ0n) is 15.8. The minimum Gasteiger partial charge on any atom is -0.395 e. The fourth-order valence-corrected chi connectivity index (χ4v) is 4.06. The van der Waals surface area contributed by atoms with Crippen molar-refractivity contribution in [2.24, 2.45) is 0 Å². The van der Waals surface area contributed by atoms with Crippen LogP contribution in [0.1, 0.15) is 44.6 Å². The van der Waals surface area contributed by atoms with Crippen molar-refractivity contribution in [1.29, 1.82) is 0 Å². The summed E-state index contributed by atoms with van der Waals surface area (Å²) in [6.45, 7) is 4.30. The maximum Gasteiger partial charge on any atom is 0.237 e. The lowest BCUT2D eigenvalue weighted by Gasteiger charge is -2.35. The predicted molar refractivity (Wildman–Crippen MR) is 102 cm³/mol. The molecule has 26 heavy (non-hydrogen) atoms. The van der Waals surface area contributed by atoms with Crippen molar-refractivity contribution in [1.82, 2.24) is 9.80 Å². The van der Waals surface area contributed by atoms with E-state index < -0.39 is 0 Å². The quantitative estimate of drug-likeness (QED) is 0.847. The summed E-state index contributed by atoms with van der Waals surface area (Å²) in [4.78, 5) is 17.0. The minimum absolute atomic E-state index is 0.0300. The van der Waals surface area contributed by atoms with Gasteiger partial charge in [0.05, 0.1) is 25.9 Å². The van der Waals surface area contributed by atoms with Gasteiger partial charge in [-0.1, -0.05) is 49.6 Å². The zero-order chi connectivity index (χ0) is 18.4. The Morgan fingerprint density at radius 1 is 1.15 bits per heavy atom. The van der Waals surface area contributed by atoms with E-state index in [-0.39, 0.29) is 24.7 Å². The topological polar surface area (TPSA) is 53.0 Å². The Kier molecular flexibility index (Phi) is 7.06. The fourth-order valence-electron chi connectivity index (χ4n) is 4.06. The van der Waals surface area contributed by atoms with E-state index in [2.05, 4.69) is 21.9 Å². The van der Waals surface area contributed by atoms with Crippen LogP contribution in [0.5, 0.6) is 0 Å². The molecule has 1 aliphatic heterocycles. The minimum atomic E-state index is -0.0342. The summed E-state index contributed by atoms with van der Waals surface area (Å²) in [6.07, 6.45) is 5.87. The van der Waals surface area contributed by atoms with Gasteiger partial charge in [0.25, 0.3) is 0 Å². The molecular formula is C21H32N2O3. The van der Waals surface area contributed by atoms with Crippen LogP contribution in [0, 0.1) is 0 Å². The monoisotopic (exact) mass is 360 g/mol. The van der Waals surface area contributed by atoms with Crippen molar-refractivity contribution in [2.45, 2.75) is 63.8 Å². The Morgan fingerprint density at radius 3 is 2.58 bits per heavy atom. The van der Waals surface area contributed by atoms with E-state index in [1.165, 1.54) is 19.3 Å². The van der Waals surface area contributed by atoms with Crippen LogP contribution in [0.15, 0.2) is 30.3 Å². The number of nitrogens with zero attached hydrogens (tertiary/aromatic N) is 2. The lowest BCUT2D eigenvalue weighted by atomic mass is 9.94. The Morgan fingerprint density at radius 2 is 1.88 bits per heavy atom. The molecule has 2 aliphatic rings. The van der Waals surface area contributed by atoms with Crippen LogP contribution >= 0.6 is 0 Å². The molecule has 2 unspecified atom stereocenters. The van der Waals surface area contributed by atoms with Crippen LogP contribution in [0.25, 0.3) is 0 Å². The second kappa shape index (κ2) is 9.49. The summed E-state index contributed by atoms with van der Waals surface area (Å²) in [6, 6.07) is 10.5. The first-order chi connectivity index (χ1) is 12.7. The number of benzene rings is 1. The Balaban J connectivity index is 1.70. The van der Waals surface area contributed by atoms with Crippen molar-refractivity contribution in [3.8, 4) is 0 Å². The summed E-state index contributed by atoms with van der Waals surface area (Å²) >= 11 is 0. The average molecular weight is 360 g/mol. The molecule has 2 atom stereocenters. The maximum atomic E-state index is 12.9. The normalized spacial score (nSPS) is 24.5. The first kappa shape index (κ1) is 19.3. The lowest BCUT2D eigenvalue weighted by molar-refractivity contribution is -0.135. The molecule has 5 heteroatoms. The third kappa shape index (κ3) is 5.06. The zero-order valence-corrected chi connectivity index (χ0v) is 15.8. The molecule has 0 radical (unpaired) electrons. The molecule has 1 heterocycles. The van der Waals surface area contributed by atoms with E-state index in [1.807, 2.05) is 25.1 Å². The van der Waals surface area contributed by atoms with Gasteiger partial charge in [0.2, 0.25) is 5.91 Å². The van der Waals surface area contributed by atoms with E-state index in [1.54, 1.807) is 0 Å². The number of amides is 1. The van der Waals surface area contributed by atoms with Gasteiger partial charge in [0.1, 0.15) is 0 Å². The maximum absolute atomic E-state index is 12.9. The predicted octanol–water partition coefficient (Wildman–Crippen LogP) is 2.43. The van der Waals surface area contributed by atoms with Crippen molar-refractivity contribution in [2.75, 3.05) is 26.2 Å². The van der Waals surface area contributed by atoms with E-state index in [4.69, 9.17) is 4.74 Å². The second-order valence-electron chi connectivity index (χ2n) is 7.72. The number of hydrogen-bond acceptors (Lipinski definition) is 4. The summed E-state index contributed by atoms with van der Waals surface area (Å²) in [5.74, 6) is 0.183. The SMILES string of the molecule is CC(CO)N1CC(=O)N(C2CCCCC2)CC(OCc2ccccc2)C1. The highest BCUT2D eigenvalue weighted by Gasteiger charge is 2.34. The molecule has 1 aliphatic carbocycles. The fraction of sp³-hybridized carbons (Fsp3) is 0.667. The highest BCUT2D eigenvalue weighted by molar-refractivity contribution is 5.79. The first-order valence-electron chi connectivity index (χ1n) is 9.97. The summed E-state index contributed by atoms with van der Waals surface area (Å²) in [5.41, 5.74) is 1.15. The van der Waals surface area contributed by atoms with Gasteiger partial charge in [-0.25, -0.2) is 0 Å². The number of carbonyl (C=O) groups is 1. The molecule has 1 N–H and O–H groups in total. The molecule has 3 rings (SSSR count). The highest BCUT2D eigenvalue weighted by Crippen LogP contribution is 2.25. The van der Waals surface area contributed by atoms with Gasteiger partial charge in [-0.05, 0) is 25.3 Å². The molecule has 5 nitrogen and oxygen atoms in total. The largest absolute Gasteiger partial charge is 0.395 e. The molecule has 2 fully saturated rings. The smallest absolute Gasteiger partial charge is 0.237 e. The third-order valence-electron chi connectivity index (χ3n) is 5.73. The van der Waals surface area contributed by atoms with Gasteiger partial charge < -0.3 is 14.7 Å². The van der Waals surface area contributed by atoms with Crippen LogP contribution in [-0.4, -0.2) is 65.2 Å². The summed E-state index contributed by atoms with van der Waals surface area (Å²) < 4.78 is 6.23. The summed E-state index contributed by atoms with van der Waals surface area (Å²) in [5, 5.41) is 9.57.